The Labute approximate surface area is 156 Å². The van der Waals surface area contributed by atoms with Crippen LogP contribution in [0.4, 0.5) is 10.1 Å². The molecule has 3 rings (SSSR count). The molecule has 0 fully saturated rings. The highest BCUT2D eigenvalue weighted by Crippen LogP contribution is 2.32. The Kier molecular flexibility index (Phi) is 5.03. The van der Waals surface area contributed by atoms with Crippen molar-refractivity contribution in [2.24, 2.45) is 5.16 Å². The average Bonchev–Trinajstić information content (AvgIpc) is 3.02. The minimum absolute atomic E-state index is 0.00790. The zero-order valence-electron chi connectivity index (χ0n) is 13.4. The molecule has 26 heavy (non-hydrogen) atoms. The van der Waals surface area contributed by atoms with Crippen molar-refractivity contribution < 1.29 is 23.9 Å². The molecule has 2 aromatic rings. The number of amides is 1. The topological polar surface area (TPSA) is 88.0 Å². The Morgan fingerprint density at radius 2 is 1.85 bits per heavy atom. The molecule has 1 aliphatic rings. The van der Waals surface area contributed by atoms with E-state index in [1.807, 2.05) is 12.1 Å². The van der Waals surface area contributed by atoms with Gasteiger partial charge in [0.1, 0.15) is 5.82 Å². The summed E-state index contributed by atoms with van der Waals surface area (Å²) in [5.41, 5.74) is -0.118. The molecule has 1 amide bonds. The number of carbonyl (C=O) groups excluding carboxylic acids is 1. The van der Waals surface area contributed by atoms with Crippen LogP contribution in [0.2, 0.25) is 0 Å². The lowest BCUT2D eigenvalue weighted by Crippen LogP contribution is -2.45. The van der Waals surface area contributed by atoms with Gasteiger partial charge in [-0.25, -0.2) is 4.39 Å². The highest BCUT2D eigenvalue weighted by Gasteiger charge is 2.48. The third-order valence-electron chi connectivity index (χ3n) is 3.91. The third kappa shape index (κ3) is 3.91. The summed E-state index contributed by atoms with van der Waals surface area (Å²) in [5.74, 6) is -2.28. The minimum atomic E-state index is -1.66. The first-order valence-electron chi connectivity index (χ1n) is 7.68. The van der Waals surface area contributed by atoms with E-state index in [9.17, 15) is 19.1 Å². The lowest BCUT2D eigenvalue weighted by molar-refractivity contribution is -0.152. The number of anilines is 1. The van der Waals surface area contributed by atoms with E-state index >= 15 is 0 Å². The van der Waals surface area contributed by atoms with Crippen molar-refractivity contribution in [3.8, 4) is 0 Å². The number of nitrogens with zero attached hydrogens (tertiary/aromatic N) is 1. The number of halogens is 2. The van der Waals surface area contributed by atoms with Crippen LogP contribution < -0.4 is 5.32 Å². The van der Waals surface area contributed by atoms with E-state index < -0.39 is 29.7 Å². The standard InChI is InChI=1S/C18H14BrFN2O4/c19-12-3-1-11(2-4-12)15-9-18(26-22-15,10-16(23)24)17(25)21-14-7-5-13(20)6-8-14/h1-8H,9-10H2,(H,21,25)(H,23,24). The van der Waals surface area contributed by atoms with Gasteiger partial charge in [0.2, 0.25) is 5.60 Å². The van der Waals surface area contributed by atoms with Gasteiger partial charge in [-0.2, -0.15) is 0 Å². The van der Waals surface area contributed by atoms with Gasteiger partial charge in [-0.05, 0) is 42.0 Å². The summed E-state index contributed by atoms with van der Waals surface area (Å²) in [7, 11) is 0. The van der Waals surface area contributed by atoms with Crippen molar-refractivity contribution in [3.05, 3.63) is 64.4 Å². The van der Waals surface area contributed by atoms with Crippen LogP contribution in [0.1, 0.15) is 18.4 Å². The van der Waals surface area contributed by atoms with Gasteiger partial charge in [0, 0.05) is 16.6 Å². The first kappa shape index (κ1) is 18.1. The molecule has 2 aromatic carbocycles. The number of hydrogen-bond donors (Lipinski definition) is 2. The Hall–Kier alpha value is -2.74. The molecule has 0 saturated heterocycles. The zero-order chi connectivity index (χ0) is 18.7. The quantitative estimate of drug-likeness (QED) is 0.773. The molecule has 1 aliphatic heterocycles. The highest BCUT2D eigenvalue weighted by atomic mass is 79.9. The molecule has 0 aromatic heterocycles. The Morgan fingerprint density at radius 3 is 2.46 bits per heavy atom. The van der Waals surface area contributed by atoms with Crippen molar-refractivity contribution in [2.45, 2.75) is 18.4 Å². The van der Waals surface area contributed by atoms with Crippen molar-refractivity contribution >= 4 is 39.2 Å². The number of oxime groups is 1. The van der Waals surface area contributed by atoms with Crippen molar-refractivity contribution in [1.82, 2.24) is 0 Å². The molecule has 8 heteroatoms. The monoisotopic (exact) mass is 420 g/mol. The molecule has 6 nitrogen and oxygen atoms in total. The Balaban J connectivity index is 1.81. The summed E-state index contributed by atoms with van der Waals surface area (Å²) >= 11 is 3.33. The molecular weight excluding hydrogens is 407 g/mol. The molecule has 0 spiro atoms. The van der Waals surface area contributed by atoms with Crippen molar-refractivity contribution in [2.75, 3.05) is 5.32 Å². The molecule has 1 heterocycles. The van der Waals surface area contributed by atoms with Crippen LogP contribution in [0.15, 0.2) is 58.2 Å². The maximum atomic E-state index is 13.0. The van der Waals surface area contributed by atoms with Gasteiger partial charge in [0.25, 0.3) is 5.91 Å². The second-order valence-electron chi connectivity index (χ2n) is 5.84. The smallest absolute Gasteiger partial charge is 0.308 e. The van der Waals surface area contributed by atoms with Crippen molar-refractivity contribution in [3.63, 3.8) is 0 Å². The predicted octanol–water partition coefficient (Wildman–Crippen LogP) is 3.56. The Bertz CT molecular complexity index is 868. The van der Waals surface area contributed by atoms with E-state index in [-0.39, 0.29) is 6.42 Å². The normalized spacial score (nSPS) is 18.8. The average molecular weight is 421 g/mol. The maximum Gasteiger partial charge on any atom is 0.308 e. The Morgan fingerprint density at radius 1 is 1.19 bits per heavy atom. The van der Waals surface area contributed by atoms with Crippen LogP contribution in [0.3, 0.4) is 0 Å². The summed E-state index contributed by atoms with van der Waals surface area (Å²) < 4.78 is 13.9. The van der Waals surface area contributed by atoms with Crippen LogP contribution >= 0.6 is 15.9 Å². The molecule has 0 saturated carbocycles. The van der Waals surface area contributed by atoms with Crippen LogP contribution in [0.5, 0.6) is 0 Å². The summed E-state index contributed by atoms with van der Waals surface area (Å²) in [6.07, 6.45) is -0.544. The largest absolute Gasteiger partial charge is 0.481 e. The second-order valence-corrected chi connectivity index (χ2v) is 6.75. The van der Waals surface area contributed by atoms with Crippen LogP contribution in [-0.4, -0.2) is 28.3 Å². The SMILES string of the molecule is O=C(O)CC1(C(=O)Nc2ccc(F)cc2)CC(c2ccc(Br)cc2)=NO1. The van der Waals surface area contributed by atoms with E-state index in [4.69, 9.17) is 4.84 Å². The van der Waals surface area contributed by atoms with E-state index in [1.165, 1.54) is 24.3 Å². The van der Waals surface area contributed by atoms with E-state index in [0.29, 0.717) is 11.4 Å². The molecule has 1 unspecified atom stereocenters. The molecule has 0 bridgehead atoms. The van der Waals surface area contributed by atoms with Gasteiger partial charge >= 0.3 is 5.97 Å². The second kappa shape index (κ2) is 7.25. The predicted molar refractivity (Wildman–Crippen MR) is 96.4 cm³/mol. The summed E-state index contributed by atoms with van der Waals surface area (Å²) in [5, 5.41) is 15.7. The van der Waals surface area contributed by atoms with Gasteiger partial charge in [-0.15, -0.1) is 0 Å². The highest BCUT2D eigenvalue weighted by molar-refractivity contribution is 9.10. The lowest BCUT2D eigenvalue weighted by Gasteiger charge is -2.23. The number of rotatable bonds is 5. The molecule has 1 atom stereocenters. The van der Waals surface area contributed by atoms with Crippen LogP contribution in [0.25, 0.3) is 0 Å². The van der Waals surface area contributed by atoms with E-state index in [1.54, 1.807) is 12.1 Å². The van der Waals surface area contributed by atoms with Crippen LogP contribution in [-0.2, 0) is 14.4 Å². The van der Waals surface area contributed by atoms with E-state index in [0.717, 1.165) is 10.0 Å². The number of nitrogens with one attached hydrogen (secondary N) is 1. The number of hydrogen-bond acceptors (Lipinski definition) is 4. The molecule has 2 N–H and O–H groups in total. The fourth-order valence-electron chi connectivity index (χ4n) is 2.59. The summed E-state index contributed by atoms with van der Waals surface area (Å²) in [4.78, 5) is 29.3. The van der Waals surface area contributed by atoms with Gasteiger partial charge < -0.3 is 15.3 Å². The van der Waals surface area contributed by atoms with E-state index in [2.05, 4.69) is 26.4 Å². The molecular formula is C18H14BrFN2O4. The third-order valence-corrected chi connectivity index (χ3v) is 4.44. The first-order chi connectivity index (χ1) is 12.4. The molecule has 134 valence electrons. The maximum absolute atomic E-state index is 13.0. The lowest BCUT2D eigenvalue weighted by atomic mass is 9.90. The van der Waals surface area contributed by atoms with Crippen molar-refractivity contribution in [1.29, 1.82) is 0 Å². The van der Waals surface area contributed by atoms with Gasteiger partial charge in [0.05, 0.1) is 12.1 Å². The summed E-state index contributed by atoms with van der Waals surface area (Å²) in [6.45, 7) is 0. The van der Waals surface area contributed by atoms with Gasteiger partial charge in [-0.1, -0.05) is 33.2 Å². The zero-order valence-corrected chi connectivity index (χ0v) is 15.0. The number of carboxylic acids is 1. The fourth-order valence-corrected chi connectivity index (χ4v) is 2.86. The van der Waals surface area contributed by atoms with Gasteiger partial charge in [-0.3, -0.25) is 9.59 Å². The summed E-state index contributed by atoms with van der Waals surface area (Å²) in [6, 6.07) is 12.4. The first-order valence-corrected chi connectivity index (χ1v) is 8.47. The number of aliphatic carboxylic acids is 1. The van der Waals surface area contributed by atoms with Crippen LogP contribution in [0, 0.1) is 5.82 Å². The molecule has 0 aliphatic carbocycles. The molecule has 0 radical (unpaired) electrons. The number of carboxylic acid groups (broad SMARTS) is 1. The fraction of sp³-hybridized carbons (Fsp3) is 0.167. The van der Waals surface area contributed by atoms with Gasteiger partial charge in [0.15, 0.2) is 0 Å². The number of benzene rings is 2. The number of carbonyl (C=O) groups is 2. The minimum Gasteiger partial charge on any atom is -0.481 e.